The number of aromatic nitrogens is 3. The molecular formula is C18H12Br2Cl3N5O3. The smallest absolute Gasteiger partial charge is 0.411 e. The van der Waals surface area contributed by atoms with Crippen molar-refractivity contribution >= 4 is 90.0 Å². The number of halogens is 5. The lowest BCUT2D eigenvalue weighted by atomic mass is 10.2. The van der Waals surface area contributed by atoms with E-state index in [-0.39, 0.29) is 39.5 Å². The molecule has 0 saturated heterocycles. The van der Waals surface area contributed by atoms with E-state index >= 15 is 0 Å². The minimum absolute atomic E-state index is 0.109. The molecule has 1 aromatic carbocycles. The van der Waals surface area contributed by atoms with E-state index in [1.54, 1.807) is 12.1 Å². The second kappa shape index (κ2) is 10.6. The van der Waals surface area contributed by atoms with Crippen LogP contribution in [-0.4, -0.2) is 38.7 Å². The molecule has 0 radical (unpaired) electrons. The van der Waals surface area contributed by atoms with Crippen molar-refractivity contribution in [3.05, 3.63) is 61.9 Å². The van der Waals surface area contributed by atoms with Crippen LogP contribution in [0, 0.1) is 0 Å². The molecule has 2 heterocycles. The number of carbonyl (C=O) groups is 2. The lowest BCUT2D eigenvalue weighted by Crippen LogP contribution is -2.20. The predicted molar refractivity (Wildman–Crippen MR) is 127 cm³/mol. The quantitative estimate of drug-likeness (QED) is 0.324. The summed E-state index contributed by atoms with van der Waals surface area (Å²) in [6.45, 7) is 0.153. The Bertz CT molecular complexity index is 1140. The average Bonchev–Trinajstić information content (AvgIpc) is 3.10. The van der Waals surface area contributed by atoms with Gasteiger partial charge in [-0.1, -0.05) is 50.7 Å². The standard InChI is InChI=1S/C18H12Br2Cl3N5O3/c19-3-5-31-18(30)25-12-7-9(21)6-11(23)15(12)26-17(29)13-8-14(20)27-28(13)16-10(22)2-1-4-24-16/h1-2,4,6-8H,3,5H2,(H,25,30)(H,26,29). The van der Waals surface area contributed by atoms with Crippen LogP contribution in [0.4, 0.5) is 16.2 Å². The maximum atomic E-state index is 13.1. The Balaban J connectivity index is 1.94. The van der Waals surface area contributed by atoms with Crippen molar-refractivity contribution in [2.24, 2.45) is 0 Å². The summed E-state index contributed by atoms with van der Waals surface area (Å²) in [5.41, 5.74) is 0.403. The van der Waals surface area contributed by atoms with E-state index in [2.05, 4.69) is 52.6 Å². The molecular weight excluding hydrogens is 600 g/mol. The number of benzene rings is 1. The summed E-state index contributed by atoms with van der Waals surface area (Å²) in [4.78, 5) is 29.2. The summed E-state index contributed by atoms with van der Waals surface area (Å²) < 4.78 is 6.64. The number of hydrogen-bond donors (Lipinski definition) is 2. The number of alkyl halides is 1. The summed E-state index contributed by atoms with van der Waals surface area (Å²) in [6, 6.07) is 7.63. The van der Waals surface area contributed by atoms with Crippen LogP contribution in [0.3, 0.4) is 0 Å². The number of anilines is 2. The fraction of sp³-hybridized carbons (Fsp3) is 0.111. The highest BCUT2D eigenvalue weighted by atomic mass is 79.9. The van der Waals surface area contributed by atoms with Gasteiger partial charge in [-0.25, -0.2) is 14.5 Å². The Morgan fingerprint density at radius 3 is 2.61 bits per heavy atom. The molecule has 2 amide bonds. The summed E-state index contributed by atoms with van der Waals surface area (Å²) >= 11 is 24.9. The number of pyridine rings is 1. The average molecular weight is 612 g/mol. The monoisotopic (exact) mass is 609 g/mol. The van der Waals surface area contributed by atoms with Crippen LogP contribution < -0.4 is 10.6 Å². The third kappa shape index (κ3) is 5.89. The highest BCUT2D eigenvalue weighted by molar-refractivity contribution is 9.10. The molecule has 0 bridgehead atoms. The maximum absolute atomic E-state index is 13.1. The second-order valence-corrected chi connectivity index (χ2v) is 8.64. The first-order chi connectivity index (χ1) is 14.8. The SMILES string of the molecule is O=C(Nc1cc(Cl)cc(Cl)c1NC(=O)c1cc(Br)nn1-c1ncccc1Cl)OCCBr. The first kappa shape index (κ1) is 23.8. The summed E-state index contributed by atoms with van der Waals surface area (Å²) in [5, 5.41) is 10.5. The largest absolute Gasteiger partial charge is 0.448 e. The Labute approximate surface area is 208 Å². The first-order valence-corrected chi connectivity index (χ1v) is 11.5. The number of carbonyl (C=O) groups excluding carboxylic acids is 2. The van der Waals surface area contributed by atoms with Crippen molar-refractivity contribution in [1.82, 2.24) is 14.8 Å². The Hall–Kier alpha value is -1.85. The van der Waals surface area contributed by atoms with Gasteiger partial charge in [0.2, 0.25) is 0 Å². The van der Waals surface area contributed by atoms with Crippen molar-refractivity contribution in [2.45, 2.75) is 0 Å². The van der Waals surface area contributed by atoms with E-state index in [1.165, 1.54) is 29.1 Å². The van der Waals surface area contributed by atoms with Gasteiger partial charge in [-0.3, -0.25) is 10.1 Å². The number of amides is 2. The molecule has 2 aromatic heterocycles. The molecule has 8 nitrogen and oxygen atoms in total. The molecule has 0 aliphatic rings. The van der Waals surface area contributed by atoms with Crippen molar-refractivity contribution in [2.75, 3.05) is 22.6 Å². The molecule has 0 unspecified atom stereocenters. The van der Waals surface area contributed by atoms with Gasteiger partial charge in [0, 0.05) is 22.6 Å². The molecule has 31 heavy (non-hydrogen) atoms. The van der Waals surface area contributed by atoms with Crippen LogP contribution in [0.1, 0.15) is 10.5 Å². The molecule has 0 aliphatic heterocycles. The zero-order valence-electron chi connectivity index (χ0n) is 15.3. The van der Waals surface area contributed by atoms with Crippen molar-refractivity contribution in [3.63, 3.8) is 0 Å². The van der Waals surface area contributed by atoms with Crippen LogP contribution in [0.2, 0.25) is 15.1 Å². The topological polar surface area (TPSA) is 98.1 Å². The summed E-state index contributed by atoms with van der Waals surface area (Å²) in [6.07, 6.45) is 0.788. The van der Waals surface area contributed by atoms with Crippen LogP contribution in [-0.2, 0) is 4.74 Å². The lowest BCUT2D eigenvalue weighted by molar-refractivity contribution is 0.101. The van der Waals surface area contributed by atoms with Crippen LogP contribution in [0.25, 0.3) is 5.82 Å². The number of ether oxygens (including phenoxy) is 1. The van der Waals surface area contributed by atoms with Crippen LogP contribution >= 0.6 is 66.7 Å². The molecule has 3 aromatic rings. The van der Waals surface area contributed by atoms with Gasteiger partial charge in [0.1, 0.15) is 16.9 Å². The van der Waals surface area contributed by atoms with Gasteiger partial charge in [-0.15, -0.1) is 0 Å². The number of nitrogens with zero attached hydrogens (tertiary/aromatic N) is 3. The molecule has 0 atom stereocenters. The van der Waals surface area contributed by atoms with Gasteiger partial charge >= 0.3 is 6.09 Å². The lowest BCUT2D eigenvalue weighted by Gasteiger charge is -2.15. The minimum Gasteiger partial charge on any atom is -0.448 e. The Morgan fingerprint density at radius 1 is 1.13 bits per heavy atom. The van der Waals surface area contributed by atoms with Gasteiger partial charge in [-0.05, 0) is 40.2 Å². The summed E-state index contributed by atoms with van der Waals surface area (Å²) in [7, 11) is 0. The minimum atomic E-state index is -0.735. The highest BCUT2D eigenvalue weighted by Crippen LogP contribution is 2.35. The maximum Gasteiger partial charge on any atom is 0.411 e. The number of rotatable bonds is 6. The van der Waals surface area contributed by atoms with E-state index in [1.807, 2.05) is 0 Å². The number of hydrogen-bond acceptors (Lipinski definition) is 5. The molecule has 0 spiro atoms. The second-order valence-electron chi connectivity index (χ2n) is 5.79. The molecule has 0 saturated carbocycles. The molecule has 0 aliphatic carbocycles. The predicted octanol–water partition coefficient (Wildman–Crippen LogP) is 6.19. The number of nitrogens with one attached hydrogen (secondary N) is 2. The van der Waals surface area contributed by atoms with E-state index in [9.17, 15) is 9.59 Å². The highest BCUT2D eigenvalue weighted by Gasteiger charge is 2.21. The zero-order valence-corrected chi connectivity index (χ0v) is 20.8. The van der Waals surface area contributed by atoms with Gasteiger partial charge in [0.05, 0.1) is 21.4 Å². The van der Waals surface area contributed by atoms with Gasteiger partial charge in [0.25, 0.3) is 5.91 Å². The van der Waals surface area contributed by atoms with Crippen molar-refractivity contribution in [1.29, 1.82) is 0 Å². The van der Waals surface area contributed by atoms with E-state index in [4.69, 9.17) is 39.5 Å². The van der Waals surface area contributed by atoms with Gasteiger partial charge in [0.15, 0.2) is 5.82 Å². The molecule has 0 fully saturated rings. The van der Waals surface area contributed by atoms with Gasteiger partial charge in [-0.2, -0.15) is 5.10 Å². The van der Waals surface area contributed by atoms with Crippen molar-refractivity contribution in [3.8, 4) is 5.82 Å². The Kier molecular flexibility index (Phi) is 8.17. The van der Waals surface area contributed by atoms with E-state index < -0.39 is 12.0 Å². The van der Waals surface area contributed by atoms with Crippen molar-refractivity contribution < 1.29 is 14.3 Å². The third-order valence-electron chi connectivity index (χ3n) is 3.69. The van der Waals surface area contributed by atoms with E-state index in [0.717, 1.165) is 0 Å². The van der Waals surface area contributed by atoms with Gasteiger partial charge < -0.3 is 10.1 Å². The molecule has 13 heteroatoms. The Morgan fingerprint density at radius 2 is 1.90 bits per heavy atom. The van der Waals surface area contributed by atoms with E-state index in [0.29, 0.717) is 15.0 Å². The third-order valence-corrected chi connectivity index (χ3v) is 5.22. The molecule has 162 valence electrons. The van der Waals surface area contributed by atoms with Crippen LogP contribution in [0.5, 0.6) is 0 Å². The van der Waals surface area contributed by atoms with Crippen LogP contribution in [0.15, 0.2) is 41.1 Å². The summed E-state index contributed by atoms with van der Waals surface area (Å²) in [5.74, 6) is -0.320. The fourth-order valence-corrected chi connectivity index (χ4v) is 3.74. The zero-order chi connectivity index (χ0) is 22.5. The molecule has 2 N–H and O–H groups in total. The molecule has 3 rings (SSSR count). The fourth-order valence-electron chi connectivity index (χ4n) is 2.46. The normalized spacial score (nSPS) is 10.6. The first-order valence-electron chi connectivity index (χ1n) is 8.46.